The van der Waals surface area contributed by atoms with Crippen molar-refractivity contribution in [1.29, 1.82) is 0 Å². The number of furan rings is 1. The number of urea groups is 1. The molecule has 1 aliphatic heterocycles. The van der Waals surface area contributed by atoms with Gasteiger partial charge in [0.05, 0.1) is 18.7 Å². The van der Waals surface area contributed by atoms with Crippen molar-refractivity contribution in [2.75, 3.05) is 47.2 Å². The molecule has 218 valence electrons. The Balaban J connectivity index is 1.24. The molecule has 0 bridgehead atoms. The zero-order chi connectivity index (χ0) is 29.8. The first kappa shape index (κ1) is 27.9. The van der Waals surface area contributed by atoms with E-state index in [1.807, 2.05) is 42.5 Å². The smallest absolute Gasteiger partial charge is 0.323 e. The number of aromatic nitrogens is 2. The number of carbonyl (C=O) groups is 2. The Kier molecular flexibility index (Phi) is 8.01. The van der Waals surface area contributed by atoms with Gasteiger partial charge >= 0.3 is 6.03 Å². The van der Waals surface area contributed by atoms with Gasteiger partial charge in [-0.25, -0.2) is 14.8 Å². The minimum atomic E-state index is -0.381. The summed E-state index contributed by atoms with van der Waals surface area (Å²) in [6.07, 6.45) is 0.834. The van der Waals surface area contributed by atoms with Gasteiger partial charge in [0.15, 0.2) is 5.82 Å². The zero-order valence-electron chi connectivity index (χ0n) is 24.0. The van der Waals surface area contributed by atoms with E-state index in [1.54, 1.807) is 24.3 Å². The van der Waals surface area contributed by atoms with Gasteiger partial charge in [-0.2, -0.15) is 0 Å². The van der Waals surface area contributed by atoms with Gasteiger partial charge in [-0.3, -0.25) is 4.79 Å². The normalized spacial score (nSPS) is 13.1. The molecule has 6 rings (SSSR count). The Bertz CT molecular complexity index is 1760. The SMILES string of the molecule is CCc1ccc(-c2ccc3c(N4CCOCC4)nc(-c4ccc(NC(=O)Nc5ccc(NC(C)=O)cc5)cc4)nc3c2)o1. The first-order valence-electron chi connectivity index (χ1n) is 14.2. The lowest BCUT2D eigenvalue weighted by atomic mass is 10.1. The average Bonchev–Trinajstić information content (AvgIpc) is 3.51. The van der Waals surface area contributed by atoms with E-state index in [4.69, 9.17) is 19.1 Å². The average molecular weight is 577 g/mol. The summed E-state index contributed by atoms with van der Waals surface area (Å²) in [5.74, 6) is 3.06. The van der Waals surface area contributed by atoms with E-state index in [1.165, 1.54) is 6.92 Å². The van der Waals surface area contributed by atoms with Crippen LogP contribution in [-0.2, 0) is 16.0 Å². The third-order valence-corrected chi connectivity index (χ3v) is 7.15. The second-order valence-electron chi connectivity index (χ2n) is 10.2. The molecule has 0 radical (unpaired) electrons. The summed E-state index contributed by atoms with van der Waals surface area (Å²) in [7, 11) is 0. The van der Waals surface area contributed by atoms with E-state index in [-0.39, 0.29) is 11.9 Å². The maximum atomic E-state index is 12.6. The van der Waals surface area contributed by atoms with Crippen molar-refractivity contribution < 1.29 is 18.7 Å². The van der Waals surface area contributed by atoms with Crippen LogP contribution in [0.1, 0.15) is 19.6 Å². The number of benzene rings is 3. The molecule has 3 heterocycles. The quantitative estimate of drug-likeness (QED) is 0.201. The highest BCUT2D eigenvalue weighted by molar-refractivity contribution is 6.00. The minimum Gasteiger partial charge on any atom is -0.461 e. The van der Waals surface area contributed by atoms with Crippen LogP contribution in [0.25, 0.3) is 33.6 Å². The molecule has 1 fully saturated rings. The fourth-order valence-electron chi connectivity index (χ4n) is 4.97. The van der Waals surface area contributed by atoms with Gasteiger partial charge in [0.2, 0.25) is 5.91 Å². The van der Waals surface area contributed by atoms with Gasteiger partial charge in [-0.05, 0) is 72.8 Å². The summed E-state index contributed by atoms with van der Waals surface area (Å²) in [4.78, 5) is 36.0. The predicted octanol–water partition coefficient (Wildman–Crippen LogP) is 6.56. The molecule has 0 aliphatic carbocycles. The van der Waals surface area contributed by atoms with E-state index in [9.17, 15) is 9.59 Å². The number of ether oxygens (including phenoxy) is 1. The summed E-state index contributed by atoms with van der Waals surface area (Å²) < 4.78 is 11.6. The molecular weight excluding hydrogens is 544 g/mol. The molecule has 1 aliphatic rings. The second kappa shape index (κ2) is 12.3. The first-order valence-corrected chi connectivity index (χ1v) is 14.2. The van der Waals surface area contributed by atoms with Crippen molar-refractivity contribution in [2.24, 2.45) is 0 Å². The highest BCUT2D eigenvalue weighted by Gasteiger charge is 2.19. The molecule has 5 aromatic rings. The van der Waals surface area contributed by atoms with Crippen molar-refractivity contribution in [3.63, 3.8) is 0 Å². The number of fused-ring (bicyclic) bond motifs is 1. The van der Waals surface area contributed by atoms with Crippen LogP contribution in [0.2, 0.25) is 0 Å². The van der Waals surface area contributed by atoms with Gasteiger partial charge < -0.3 is 30.0 Å². The molecule has 10 heteroatoms. The van der Waals surface area contributed by atoms with E-state index in [0.29, 0.717) is 36.1 Å². The maximum absolute atomic E-state index is 12.6. The van der Waals surface area contributed by atoms with Crippen LogP contribution >= 0.6 is 0 Å². The monoisotopic (exact) mass is 576 g/mol. The van der Waals surface area contributed by atoms with E-state index in [0.717, 1.165) is 58.9 Å². The summed E-state index contributed by atoms with van der Waals surface area (Å²) in [5, 5.41) is 9.31. The van der Waals surface area contributed by atoms with Crippen molar-refractivity contribution >= 4 is 45.7 Å². The van der Waals surface area contributed by atoms with Crippen molar-refractivity contribution in [2.45, 2.75) is 20.3 Å². The number of carbonyl (C=O) groups excluding carboxylic acids is 2. The maximum Gasteiger partial charge on any atom is 0.323 e. The fraction of sp³-hybridized carbons (Fsp3) is 0.212. The van der Waals surface area contributed by atoms with Gasteiger partial charge in [0, 0.05) is 60.0 Å². The van der Waals surface area contributed by atoms with Crippen molar-refractivity contribution in [3.05, 3.63) is 84.6 Å². The Labute approximate surface area is 249 Å². The lowest BCUT2D eigenvalue weighted by molar-refractivity contribution is -0.114. The fourth-order valence-corrected chi connectivity index (χ4v) is 4.97. The standard InChI is InChI=1S/C33H32N6O4/c1-3-27-13-15-30(43-27)23-6-14-28-29(20-23)37-31(38-32(28)39-16-18-42-19-17-39)22-4-7-25(8-5-22)35-33(41)36-26-11-9-24(10-12-26)34-21(2)40/h4-15,20H,3,16-19H2,1-2H3,(H,34,40)(H2,35,36,41). The number of nitrogens with one attached hydrogen (secondary N) is 3. The van der Waals surface area contributed by atoms with Gasteiger partial charge in [0.25, 0.3) is 0 Å². The number of hydrogen-bond donors (Lipinski definition) is 3. The van der Waals surface area contributed by atoms with Crippen molar-refractivity contribution in [3.8, 4) is 22.7 Å². The summed E-state index contributed by atoms with van der Waals surface area (Å²) in [6, 6.07) is 24.1. The molecule has 0 saturated carbocycles. The van der Waals surface area contributed by atoms with Crippen LogP contribution in [0.5, 0.6) is 0 Å². The minimum absolute atomic E-state index is 0.155. The Morgan fingerprint density at radius 2 is 1.42 bits per heavy atom. The number of morpholine rings is 1. The lowest BCUT2D eigenvalue weighted by Crippen LogP contribution is -2.37. The predicted molar refractivity (Wildman–Crippen MR) is 168 cm³/mol. The van der Waals surface area contributed by atoms with Crippen LogP contribution in [0.4, 0.5) is 27.7 Å². The molecule has 0 unspecified atom stereocenters. The van der Waals surface area contributed by atoms with Crippen LogP contribution in [0, 0.1) is 0 Å². The van der Waals surface area contributed by atoms with Gasteiger partial charge in [0.1, 0.15) is 17.3 Å². The molecule has 43 heavy (non-hydrogen) atoms. The highest BCUT2D eigenvalue weighted by Crippen LogP contribution is 2.32. The Hall–Kier alpha value is -5.22. The van der Waals surface area contributed by atoms with E-state index >= 15 is 0 Å². The number of hydrogen-bond acceptors (Lipinski definition) is 7. The Morgan fingerprint density at radius 3 is 2.05 bits per heavy atom. The first-order chi connectivity index (χ1) is 20.9. The molecular formula is C33H32N6O4. The second-order valence-corrected chi connectivity index (χ2v) is 10.2. The number of aryl methyl sites for hydroxylation is 1. The van der Waals surface area contributed by atoms with Crippen LogP contribution in [0.15, 0.2) is 83.3 Å². The molecule has 0 spiro atoms. The molecule has 1 saturated heterocycles. The molecule has 2 aromatic heterocycles. The number of nitrogens with zero attached hydrogens (tertiary/aromatic N) is 3. The molecule has 10 nitrogen and oxygen atoms in total. The Morgan fingerprint density at radius 1 is 0.791 bits per heavy atom. The zero-order valence-corrected chi connectivity index (χ0v) is 24.0. The third kappa shape index (κ3) is 6.49. The number of amides is 3. The summed E-state index contributed by atoms with van der Waals surface area (Å²) in [6.45, 7) is 6.30. The van der Waals surface area contributed by atoms with E-state index in [2.05, 4.69) is 39.9 Å². The summed E-state index contributed by atoms with van der Waals surface area (Å²) >= 11 is 0. The lowest BCUT2D eigenvalue weighted by Gasteiger charge is -2.29. The molecule has 0 atom stereocenters. The largest absolute Gasteiger partial charge is 0.461 e. The van der Waals surface area contributed by atoms with E-state index < -0.39 is 0 Å². The summed E-state index contributed by atoms with van der Waals surface area (Å²) in [5.41, 5.74) is 4.49. The molecule has 3 N–H and O–H groups in total. The van der Waals surface area contributed by atoms with Gasteiger partial charge in [-0.15, -0.1) is 0 Å². The number of anilines is 4. The molecule has 3 amide bonds. The van der Waals surface area contributed by atoms with Crippen molar-refractivity contribution in [1.82, 2.24) is 9.97 Å². The highest BCUT2D eigenvalue weighted by atomic mass is 16.5. The molecule has 3 aromatic carbocycles. The van der Waals surface area contributed by atoms with Crippen LogP contribution < -0.4 is 20.9 Å². The topological polar surface area (TPSA) is 122 Å². The van der Waals surface area contributed by atoms with Gasteiger partial charge in [-0.1, -0.05) is 13.0 Å². The number of rotatable bonds is 7. The van der Waals surface area contributed by atoms with Crippen LogP contribution in [0.3, 0.4) is 0 Å². The third-order valence-electron chi connectivity index (χ3n) is 7.15. The van der Waals surface area contributed by atoms with Crippen LogP contribution in [-0.4, -0.2) is 48.2 Å².